The Hall–Kier alpha value is -2.41. The summed E-state index contributed by atoms with van der Waals surface area (Å²) >= 11 is 12.5. The van der Waals surface area contributed by atoms with E-state index < -0.39 is 51.0 Å². The van der Waals surface area contributed by atoms with E-state index in [0.29, 0.717) is 42.6 Å². The number of amides is 2. The van der Waals surface area contributed by atoms with Crippen molar-refractivity contribution in [1.82, 2.24) is 20.4 Å². The van der Waals surface area contributed by atoms with Gasteiger partial charge in [0.25, 0.3) is 0 Å². The van der Waals surface area contributed by atoms with Gasteiger partial charge in [0.1, 0.15) is 17.4 Å². The molecule has 0 bridgehead atoms. The Morgan fingerprint density at radius 1 is 1.04 bits per heavy atom. The molecular formula is C34H48Cl2N4O6S. The van der Waals surface area contributed by atoms with Crippen LogP contribution in [0.1, 0.15) is 52.2 Å². The molecule has 10 nitrogen and oxygen atoms in total. The fourth-order valence-corrected chi connectivity index (χ4v) is 9.41. The normalized spacial score (nSPS) is 23.3. The van der Waals surface area contributed by atoms with Gasteiger partial charge in [-0.2, -0.15) is 0 Å². The fraction of sp³-hybridized carbons (Fsp3) is 0.588. The summed E-state index contributed by atoms with van der Waals surface area (Å²) in [5.41, 5.74) is 1.37. The van der Waals surface area contributed by atoms with Crippen LogP contribution in [0.15, 0.2) is 48.5 Å². The largest absolute Gasteiger partial charge is 0.445 e. The standard InChI is InChI=1S/C34H48Cl2N4O6S/c1-22(2)31-30(11-14-47(31,44)45)46-33(43)37-27(17-23-9-7-6-8-10-23)29(41)21-40-13-12-39(19-24-15-25(35)18-26(36)16-24)20-28(40)32(42)38-34(3,4)5/h6-10,15-16,18,22,27-31,41H,11-14,17,19-21H2,1-5H3,(H,37,43)(H,38,42)/t27-,28-,29+,30+,31+/m0/s1. The van der Waals surface area contributed by atoms with Crippen LogP contribution in [0.4, 0.5) is 4.79 Å². The number of hydrogen-bond acceptors (Lipinski definition) is 8. The van der Waals surface area contributed by atoms with Crippen molar-refractivity contribution in [3.05, 3.63) is 69.7 Å². The minimum Gasteiger partial charge on any atom is -0.445 e. The van der Waals surface area contributed by atoms with E-state index in [9.17, 15) is 23.1 Å². The van der Waals surface area contributed by atoms with Crippen molar-refractivity contribution in [3.63, 3.8) is 0 Å². The number of alkyl carbamates (subject to hydrolysis) is 1. The molecular weight excluding hydrogens is 663 g/mol. The lowest BCUT2D eigenvalue weighted by atomic mass is 9.99. The summed E-state index contributed by atoms with van der Waals surface area (Å²) in [7, 11) is -3.37. The van der Waals surface area contributed by atoms with Gasteiger partial charge in [0.15, 0.2) is 9.84 Å². The van der Waals surface area contributed by atoms with Gasteiger partial charge in [0, 0.05) is 48.3 Å². The molecule has 2 aromatic carbocycles. The number of rotatable bonds is 11. The second-order valence-electron chi connectivity index (χ2n) is 14.1. The number of benzene rings is 2. The topological polar surface area (TPSA) is 128 Å². The van der Waals surface area contributed by atoms with Gasteiger partial charge in [-0.3, -0.25) is 14.6 Å². The summed E-state index contributed by atoms with van der Waals surface area (Å²) in [5.74, 6) is -0.400. The van der Waals surface area contributed by atoms with E-state index in [0.717, 1.165) is 11.1 Å². The molecule has 4 rings (SSSR count). The van der Waals surface area contributed by atoms with Crippen LogP contribution in [0.5, 0.6) is 0 Å². The molecule has 2 aromatic rings. The SMILES string of the molecule is CC(C)[C@@H]1[C@H](OC(=O)N[C@@H](Cc2ccccc2)[C@H](O)CN2CCN(Cc3cc(Cl)cc(Cl)c3)C[C@H]2C(=O)NC(C)(C)C)CCS1(=O)=O. The zero-order valence-electron chi connectivity index (χ0n) is 27.8. The zero-order chi connectivity index (χ0) is 34.5. The van der Waals surface area contributed by atoms with Crippen molar-refractivity contribution in [3.8, 4) is 0 Å². The van der Waals surface area contributed by atoms with Gasteiger partial charge < -0.3 is 20.5 Å². The third-order valence-electron chi connectivity index (χ3n) is 8.58. The van der Waals surface area contributed by atoms with E-state index in [4.69, 9.17) is 27.9 Å². The number of hydrogen-bond donors (Lipinski definition) is 3. The second-order valence-corrected chi connectivity index (χ2v) is 17.2. The quantitative estimate of drug-likeness (QED) is 0.315. The lowest BCUT2D eigenvalue weighted by molar-refractivity contribution is -0.131. The molecule has 2 heterocycles. The van der Waals surface area contributed by atoms with Gasteiger partial charge in [0.05, 0.1) is 17.9 Å². The minimum atomic E-state index is -3.37. The summed E-state index contributed by atoms with van der Waals surface area (Å²) in [5, 5.41) is 17.9. The number of aliphatic hydroxyl groups excluding tert-OH is 1. The van der Waals surface area contributed by atoms with Crippen LogP contribution in [-0.4, -0.2) is 102 Å². The first kappa shape index (κ1) is 37.4. The third kappa shape index (κ3) is 10.8. The number of piperazine rings is 1. The molecule has 0 aliphatic carbocycles. The van der Waals surface area contributed by atoms with Crippen molar-refractivity contribution in [1.29, 1.82) is 0 Å². The van der Waals surface area contributed by atoms with E-state index in [-0.39, 0.29) is 30.5 Å². The van der Waals surface area contributed by atoms with Gasteiger partial charge in [0.2, 0.25) is 5.91 Å². The maximum absolute atomic E-state index is 13.6. The van der Waals surface area contributed by atoms with Crippen LogP contribution in [0.3, 0.4) is 0 Å². The van der Waals surface area contributed by atoms with E-state index >= 15 is 0 Å². The van der Waals surface area contributed by atoms with Gasteiger partial charge >= 0.3 is 6.09 Å². The molecule has 2 aliphatic heterocycles. The van der Waals surface area contributed by atoms with Crippen LogP contribution in [0.2, 0.25) is 10.0 Å². The average molecular weight is 712 g/mol. The second kappa shape index (κ2) is 15.9. The number of sulfone groups is 1. The minimum absolute atomic E-state index is 0.0296. The monoisotopic (exact) mass is 710 g/mol. The molecule has 0 spiro atoms. The average Bonchev–Trinajstić information content (AvgIpc) is 3.25. The number of carbonyl (C=O) groups excluding carboxylic acids is 2. The first-order chi connectivity index (χ1) is 22.0. The summed E-state index contributed by atoms with van der Waals surface area (Å²) < 4.78 is 30.9. The van der Waals surface area contributed by atoms with Crippen LogP contribution in [0.25, 0.3) is 0 Å². The number of ether oxygens (including phenoxy) is 1. The van der Waals surface area contributed by atoms with Crippen LogP contribution >= 0.6 is 23.2 Å². The molecule has 2 amide bonds. The molecule has 2 fully saturated rings. The maximum Gasteiger partial charge on any atom is 0.407 e. The van der Waals surface area contributed by atoms with Gasteiger partial charge in [-0.15, -0.1) is 0 Å². The number of nitrogens with zero attached hydrogens (tertiary/aromatic N) is 2. The van der Waals surface area contributed by atoms with Crippen LogP contribution < -0.4 is 10.6 Å². The van der Waals surface area contributed by atoms with Crippen LogP contribution in [-0.2, 0) is 32.3 Å². The van der Waals surface area contributed by atoms with E-state index in [2.05, 4.69) is 15.5 Å². The van der Waals surface area contributed by atoms with Crippen molar-refractivity contribution in [2.45, 2.75) is 89.1 Å². The number of aliphatic hydroxyl groups is 1. The van der Waals surface area contributed by atoms with Crippen molar-refractivity contribution in [2.75, 3.05) is 31.9 Å². The van der Waals surface area contributed by atoms with E-state index in [1.807, 2.05) is 68.1 Å². The number of carbonyl (C=O) groups is 2. The molecule has 3 N–H and O–H groups in total. The number of halogens is 2. The van der Waals surface area contributed by atoms with Crippen molar-refractivity contribution >= 4 is 45.0 Å². The Balaban J connectivity index is 1.50. The summed E-state index contributed by atoms with van der Waals surface area (Å²) in [6.45, 7) is 11.6. The van der Waals surface area contributed by atoms with Crippen molar-refractivity contribution in [2.24, 2.45) is 5.92 Å². The van der Waals surface area contributed by atoms with Crippen molar-refractivity contribution < 1.29 is 27.9 Å². The highest BCUT2D eigenvalue weighted by molar-refractivity contribution is 7.92. The molecule has 47 heavy (non-hydrogen) atoms. The first-order valence-electron chi connectivity index (χ1n) is 16.1. The molecule has 13 heteroatoms. The lowest BCUT2D eigenvalue weighted by Gasteiger charge is -2.43. The summed E-state index contributed by atoms with van der Waals surface area (Å²) in [6.07, 6.45) is -2.06. The predicted octanol–water partition coefficient (Wildman–Crippen LogP) is 4.30. The number of nitrogens with one attached hydrogen (secondary N) is 2. The van der Waals surface area contributed by atoms with E-state index in [1.54, 1.807) is 19.9 Å². The van der Waals surface area contributed by atoms with Gasteiger partial charge in [-0.25, -0.2) is 13.2 Å². The Kier molecular flexibility index (Phi) is 12.6. The van der Waals surface area contributed by atoms with Crippen LogP contribution in [0, 0.1) is 5.92 Å². The molecule has 0 radical (unpaired) electrons. The van der Waals surface area contributed by atoms with Gasteiger partial charge in [-0.05, 0) is 68.9 Å². The molecule has 260 valence electrons. The Labute approximate surface area is 289 Å². The highest BCUT2D eigenvalue weighted by Crippen LogP contribution is 2.29. The third-order valence-corrected chi connectivity index (χ3v) is 11.5. The smallest absolute Gasteiger partial charge is 0.407 e. The molecule has 5 atom stereocenters. The Morgan fingerprint density at radius 2 is 1.70 bits per heavy atom. The Morgan fingerprint density at radius 3 is 2.32 bits per heavy atom. The molecule has 0 unspecified atom stereocenters. The molecule has 2 saturated heterocycles. The maximum atomic E-state index is 13.6. The first-order valence-corrected chi connectivity index (χ1v) is 18.6. The lowest BCUT2D eigenvalue weighted by Crippen LogP contribution is -2.63. The molecule has 0 saturated carbocycles. The Bertz CT molecular complexity index is 1470. The van der Waals surface area contributed by atoms with Gasteiger partial charge in [-0.1, -0.05) is 67.4 Å². The highest BCUT2D eigenvalue weighted by Gasteiger charge is 2.45. The zero-order valence-corrected chi connectivity index (χ0v) is 30.1. The number of β-amino-alcohol motifs (C(OH)–C–C–N with tert-alkyl or cyclic N) is 1. The fourth-order valence-electron chi connectivity index (χ4n) is 6.52. The summed E-state index contributed by atoms with van der Waals surface area (Å²) in [6, 6.07) is 13.5. The summed E-state index contributed by atoms with van der Waals surface area (Å²) in [4.78, 5) is 31.0. The molecule has 0 aromatic heterocycles. The highest BCUT2D eigenvalue weighted by atomic mass is 35.5. The molecule has 2 aliphatic rings. The predicted molar refractivity (Wildman–Crippen MR) is 185 cm³/mol. The van der Waals surface area contributed by atoms with E-state index in [1.165, 1.54) is 0 Å².